The number of hydrogen-bond donors (Lipinski definition) is 0. The fourth-order valence-corrected chi connectivity index (χ4v) is 7.91. The molecule has 0 N–H and O–H groups in total. The highest BCUT2D eigenvalue weighted by atomic mass is 15.0. The maximum absolute atomic E-state index is 4.36. The van der Waals surface area contributed by atoms with Crippen LogP contribution in [0.5, 0.6) is 0 Å². The molecule has 0 bridgehead atoms. The summed E-state index contributed by atoms with van der Waals surface area (Å²) in [6.45, 7) is 0. The highest BCUT2D eigenvalue weighted by Gasteiger charge is 2.20. The zero-order chi connectivity index (χ0) is 32.3. The molecule has 0 unspecified atom stereocenters. The van der Waals surface area contributed by atoms with Gasteiger partial charge >= 0.3 is 0 Å². The topological polar surface area (TPSA) is 17.8 Å². The van der Waals surface area contributed by atoms with Crippen LogP contribution in [0.4, 0.5) is 0 Å². The third kappa shape index (κ3) is 4.31. The van der Waals surface area contributed by atoms with Gasteiger partial charge in [0.1, 0.15) is 0 Å². The number of fused-ring (bicyclic) bond motifs is 7. The molecule has 0 atom stereocenters. The summed E-state index contributed by atoms with van der Waals surface area (Å²) >= 11 is 0. The van der Waals surface area contributed by atoms with Gasteiger partial charge in [-0.1, -0.05) is 140 Å². The van der Waals surface area contributed by atoms with E-state index >= 15 is 0 Å². The Balaban J connectivity index is 1.29. The van der Waals surface area contributed by atoms with Crippen LogP contribution >= 0.6 is 0 Å². The molecule has 0 amide bonds. The normalized spacial score (nSPS) is 11.7. The lowest BCUT2D eigenvalue weighted by Gasteiger charge is -2.18. The zero-order valence-corrected chi connectivity index (χ0v) is 26.7. The lowest BCUT2D eigenvalue weighted by molar-refractivity contribution is 1.19. The van der Waals surface area contributed by atoms with Gasteiger partial charge in [0.05, 0.1) is 11.0 Å². The van der Waals surface area contributed by atoms with Crippen LogP contribution in [0.2, 0.25) is 0 Å². The van der Waals surface area contributed by atoms with Gasteiger partial charge in [-0.25, -0.2) is 0 Å². The molecule has 228 valence electrons. The van der Waals surface area contributed by atoms with Crippen LogP contribution in [-0.4, -0.2) is 9.55 Å². The monoisotopic (exact) mass is 622 g/mol. The van der Waals surface area contributed by atoms with Crippen molar-refractivity contribution < 1.29 is 0 Å². The minimum Gasteiger partial charge on any atom is -0.309 e. The van der Waals surface area contributed by atoms with E-state index in [2.05, 4.69) is 173 Å². The van der Waals surface area contributed by atoms with Crippen LogP contribution in [0.3, 0.4) is 0 Å². The van der Waals surface area contributed by atoms with E-state index in [1.165, 1.54) is 81.9 Å². The number of nitrogens with zero attached hydrogens (tertiary/aromatic N) is 2. The van der Waals surface area contributed by atoms with Gasteiger partial charge in [0.15, 0.2) is 0 Å². The molecule has 10 aromatic rings. The molecule has 2 heteroatoms. The molecule has 2 heterocycles. The summed E-state index contributed by atoms with van der Waals surface area (Å²) in [5.74, 6) is 0. The van der Waals surface area contributed by atoms with E-state index in [4.69, 9.17) is 0 Å². The first-order chi connectivity index (χ1) is 24.3. The van der Waals surface area contributed by atoms with Gasteiger partial charge in [0.25, 0.3) is 0 Å². The highest BCUT2D eigenvalue weighted by molar-refractivity contribution is 6.23. The van der Waals surface area contributed by atoms with Crippen LogP contribution in [0.25, 0.3) is 93.2 Å². The number of pyridine rings is 1. The van der Waals surface area contributed by atoms with Gasteiger partial charge in [0.2, 0.25) is 0 Å². The van der Waals surface area contributed by atoms with Crippen molar-refractivity contribution in [1.29, 1.82) is 0 Å². The van der Waals surface area contributed by atoms with Crippen LogP contribution in [-0.2, 0) is 0 Å². The van der Waals surface area contributed by atoms with Gasteiger partial charge in [-0.2, -0.15) is 0 Å². The second-order valence-corrected chi connectivity index (χ2v) is 12.7. The summed E-state index contributed by atoms with van der Waals surface area (Å²) in [5.41, 5.74) is 10.9. The van der Waals surface area contributed by atoms with Crippen LogP contribution in [0, 0.1) is 0 Å². The Bertz CT molecular complexity index is 2790. The smallest absolute Gasteiger partial charge is 0.0619 e. The summed E-state index contributed by atoms with van der Waals surface area (Å²) in [4.78, 5) is 4.36. The Labute approximate surface area is 284 Å². The van der Waals surface area contributed by atoms with E-state index in [1.54, 1.807) is 0 Å². The van der Waals surface area contributed by atoms with Crippen molar-refractivity contribution in [3.8, 4) is 39.1 Å². The lowest BCUT2D eigenvalue weighted by Crippen LogP contribution is -1.95. The molecule has 49 heavy (non-hydrogen) atoms. The molecule has 0 fully saturated rings. The average molecular weight is 623 g/mol. The third-order valence-corrected chi connectivity index (χ3v) is 10.0. The maximum atomic E-state index is 4.36. The molecular weight excluding hydrogens is 593 g/mol. The second kappa shape index (κ2) is 11.0. The molecule has 0 spiro atoms. The fraction of sp³-hybridized carbons (Fsp3) is 0. The van der Waals surface area contributed by atoms with E-state index in [9.17, 15) is 0 Å². The van der Waals surface area contributed by atoms with E-state index < -0.39 is 0 Å². The zero-order valence-electron chi connectivity index (χ0n) is 26.7. The first-order valence-electron chi connectivity index (χ1n) is 16.8. The van der Waals surface area contributed by atoms with Crippen LogP contribution in [0.1, 0.15) is 0 Å². The average Bonchev–Trinajstić information content (AvgIpc) is 3.51. The molecular formula is C47H30N2. The number of para-hydroxylation sites is 1. The van der Waals surface area contributed by atoms with Crippen molar-refractivity contribution >= 4 is 54.1 Å². The molecule has 0 aliphatic carbocycles. The molecule has 0 saturated carbocycles. The molecule has 2 nitrogen and oxygen atoms in total. The predicted octanol–water partition coefficient (Wildman–Crippen LogP) is 12.6. The third-order valence-electron chi connectivity index (χ3n) is 10.0. The summed E-state index contributed by atoms with van der Waals surface area (Å²) < 4.78 is 2.46. The summed E-state index contributed by atoms with van der Waals surface area (Å²) in [7, 11) is 0. The van der Waals surface area contributed by atoms with Crippen molar-refractivity contribution in [2.75, 3.05) is 0 Å². The SMILES string of the molecule is c1ccc(-c2c3ccccc3c(-c3ccc4c5ccc6cc(-c7cccnc7)ccc6c5n(-c5ccccc5)c4c3)c3ccccc23)cc1. The summed E-state index contributed by atoms with van der Waals surface area (Å²) in [6.07, 6.45) is 3.76. The Morgan fingerprint density at radius 2 is 0.939 bits per heavy atom. The van der Waals surface area contributed by atoms with Crippen molar-refractivity contribution in [3.05, 3.63) is 182 Å². The summed E-state index contributed by atoms with van der Waals surface area (Å²) in [6, 6.07) is 61.9. The van der Waals surface area contributed by atoms with Crippen LogP contribution in [0.15, 0.2) is 182 Å². The van der Waals surface area contributed by atoms with Gasteiger partial charge < -0.3 is 4.57 Å². The first kappa shape index (κ1) is 27.6. The van der Waals surface area contributed by atoms with Gasteiger partial charge in [-0.15, -0.1) is 0 Å². The van der Waals surface area contributed by atoms with Crippen molar-refractivity contribution in [3.63, 3.8) is 0 Å². The molecule has 0 radical (unpaired) electrons. The molecule has 2 aromatic heterocycles. The standard InChI is InChI=1S/C47H30N2/c1-3-12-31(13-4-1)45-39-17-7-9-19-41(39)46(42-20-10-8-18-40(42)45)34-23-25-38-43-26-22-33-28-32(35-14-11-27-48-30-35)21-24-37(33)47(43)49(44(38)29-34)36-15-5-2-6-16-36/h1-30H. The van der Waals surface area contributed by atoms with Gasteiger partial charge in [0, 0.05) is 39.8 Å². The highest BCUT2D eigenvalue weighted by Crippen LogP contribution is 2.45. The van der Waals surface area contributed by atoms with Gasteiger partial charge in [-0.05, 0) is 85.1 Å². The van der Waals surface area contributed by atoms with Crippen molar-refractivity contribution in [1.82, 2.24) is 9.55 Å². The molecule has 8 aromatic carbocycles. The first-order valence-corrected chi connectivity index (χ1v) is 16.8. The fourth-order valence-electron chi connectivity index (χ4n) is 7.91. The Hall–Kier alpha value is -6.51. The van der Waals surface area contributed by atoms with Crippen molar-refractivity contribution in [2.24, 2.45) is 0 Å². The molecule has 10 rings (SSSR count). The Morgan fingerprint density at radius 1 is 0.367 bits per heavy atom. The van der Waals surface area contributed by atoms with E-state index in [0.29, 0.717) is 0 Å². The molecule has 0 saturated heterocycles. The largest absolute Gasteiger partial charge is 0.309 e. The quantitative estimate of drug-likeness (QED) is 0.179. The Kier molecular flexibility index (Phi) is 6.22. The summed E-state index contributed by atoms with van der Waals surface area (Å²) in [5, 5.41) is 9.99. The van der Waals surface area contributed by atoms with E-state index in [1.807, 2.05) is 18.5 Å². The predicted molar refractivity (Wildman–Crippen MR) is 207 cm³/mol. The second-order valence-electron chi connectivity index (χ2n) is 12.7. The molecule has 0 aliphatic heterocycles. The van der Waals surface area contributed by atoms with Crippen LogP contribution < -0.4 is 0 Å². The lowest BCUT2D eigenvalue weighted by atomic mass is 9.86. The van der Waals surface area contributed by atoms with E-state index in [0.717, 1.165) is 11.3 Å². The number of aromatic nitrogens is 2. The minimum atomic E-state index is 1.12. The van der Waals surface area contributed by atoms with Crippen molar-refractivity contribution in [2.45, 2.75) is 0 Å². The Morgan fingerprint density at radius 3 is 1.61 bits per heavy atom. The number of benzene rings is 8. The number of rotatable bonds is 4. The maximum Gasteiger partial charge on any atom is 0.0619 e. The number of hydrogen-bond acceptors (Lipinski definition) is 1. The van der Waals surface area contributed by atoms with Gasteiger partial charge in [-0.3, -0.25) is 4.98 Å². The molecule has 0 aliphatic rings. The van der Waals surface area contributed by atoms with E-state index in [-0.39, 0.29) is 0 Å². The minimum absolute atomic E-state index is 1.12.